The minimum atomic E-state index is -1.38. The van der Waals surface area contributed by atoms with E-state index in [0.29, 0.717) is 43.7 Å². The van der Waals surface area contributed by atoms with Crippen LogP contribution in [0.2, 0.25) is 0 Å². The summed E-state index contributed by atoms with van der Waals surface area (Å²) < 4.78 is 5.75. The molecule has 0 saturated heterocycles. The van der Waals surface area contributed by atoms with Crippen LogP contribution < -0.4 is 15.4 Å². The first-order chi connectivity index (χ1) is 14.1. The number of urea groups is 1. The molecule has 4 aromatic rings. The average Bonchev–Trinajstić information content (AvgIpc) is 3.05. The maximum Gasteiger partial charge on any atom is 0.554 e. The number of para-hydroxylation sites is 1. The summed E-state index contributed by atoms with van der Waals surface area (Å²) in [6.07, 6.45) is 3.02. The third-order valence-electron chi connectivity index (χ3n) is 4.40. The van der Waals surface area contributed by atoms with Crippen LogP contribution in [0.4, 0.5) is 21.0 Å². The summed E-state index contributed by atoms with van der Waals surface area (Å²) in [5.74, 6) is 1.19. The molecule has 142 valence electrons. The zero-order valence-electron chi connectivity index (χ0n) is 14.7. The van der Waals surface area contributed by atoms with Crippen LogP contribution in [0.1, 0.15) is 0 Å². The van der Waals surface area contributed by atoms with Gasteiger partial charge in [-0.15, -0.1) is 0 Å². The normalized spacial score (nSPS) is 13.0. The summed E-state index contributed by atoms with van der Waals surface area (Å²) in [4.78, 5) is 33.7. The van der Waals surface area contributed by atoms with Crippen molar-refractivity contribution in [3.05, 3.63) is 60.9 Å². The lowest BCUT2D eigenvalue weighted by Crippen LogP contribution is -2.23. The van der Waals surface area contributed by atoms with E-state index in [1.54, 1.807) is 18.2 Å². The molecule has 2 amide bonds. The van der Waals surface area contributed by atoms with Gasteiger partial charge in [-0.25, -0.2) is 14.8 Å². The van der Waals surface area contributed by atoms with E-state index in [2.05, 4.69) is 20.6 Å². The molecular weight excluding hydrogens is 392 g/mol. The highest BCUT2D eigenvalue weighted by Crippen LogP contribution is 2.52. The smallest absolute Gasteiger partial charge is 0.456 e. The molecule has 5 rings (SSSR count). The molecule has 4 heterocycles. The number of rotatable bonds is 4. The molecule has 0 saturated carbocycles. The fraction of sp³-hybridized carbons (Fsp3) is 0. The van der Waals surface area contributed by atoms with Crippen molar-refractivity contribution >= 4 is 43.4 Å². The minimum absolute atomic E-state index is 0.402. The van der Waals surface area contributed by atoms with Crippen molar-refractivity contribution in [1.82, 2.24) is 9.97 Å². The Balaban J connectivity index is 1.64. The number of carboxylic acid groups (broad SMARTS) is 1. The van der Waals surface area contributed by atoms with E-state index in [4.69, 9.17) is 4.74 Å². The Bertz CT molecular complexity index is 1270. The van der Waals surface area contributed by atoms with Gasteiger partial charge in [0, 0.05) is 6.20 Å². The summed E-state index contributed by atoms with van der Waals surface area (Å²) in [5, 5.41) is 14.9. The van der Waals surface area contributed by atoms with E-state index in [0.717, 1.165) is 0 Å². The maximum absolute atomic E-state index is 12.1. The number of aromatic nitrogens is 2. The van der Waals surface area contributed by atoms with Gasteiger partial charge < -0.3 is 20.5 Å². The SMILES string of the molecule is O=C1Nc2ccnc3c2c(c(-c2ccc(Oc4ccccc4)cn2)[s+]3C(=O)O)N1. The lowest BCUT2D eigenvalue weighted by molar-refractivity contribution is 0.221. The summed E-state index contributed by atoms with van der Waals surface area (Å²) in [5.41, 5.74) is 1.41. The molecule has 1 aromatic carbocycles. The van der Waals surface area contributed by atoms with Gasteiger partial charge in [-0.05, 0) is 30.3 Å². The van der Waals surface area contributed by atoms with Crippen molar-refractivity contribution in [1.29, 1.82) is 0 Å². The van der Waals surface area contributed by atoms with Crippen LogP contribution in [0.5, 0.6) is 11.5 Å². The number of carbonyl (C=O) groups excluding carboxylic acids is 1. The third-order valence-corrected chi connectivity index (χ3v) is 6.27. The van der Waals surface area contributed by atoms with Crippen molar-refractivity contribution < 1.29 is 19.4 Å². The van der Waals surface area contributed by atoms with E-state index in [1.165, 1.54) is 12.4 Å². The number of nitrogens with one attached hydrogen (secondary N) is 2. The Morgan fingerprint density at radius 2 is 1.83 bits per heavy atom. The van der Waals surface area contributed by atoms with Crippen LogP contribution in [0.15, 0.2) is 60.9 Å². The number of nitrogens with zero attached hydrogens (tertiary/aromatic N) is 2. The second-order valence-electron chi connectivity index (χ2n) is 6.19. The maximum atomic E-state index is 12.1. The molecule has 29 heavy (non-hydrogen) atoms. The van der Waals surface area contributed by atoms with E-state index in [-0.39, 0.29) is 0 Å². The summed E-state index contributed by atoms with van der Waals surface area (Å²) >= 11 is 0. The Labute approximate surface area is 166 Å². The predicted molar refractivity (Wildman–Crippen MR) is 110 cm³/mol. The standard InChI is InChI=1S/C20H12N4O4S/c25-19-23-13-8-9-21-18-15(13)16(24-19)17(29(18)20(26)27)14-7-6-12(10-22-14)28-11-4-2-1-3-5-11/h1-10H,(H2-,21,22,23,24,25,26,27)/p+1. The highest BCUT2D eigenvalue weighted by Gasteiger charge is 2.40. The molecule has 0 fully saturated rings. The Morgan fingerprint density at radius 1 is 1.00 bits per heavy atom. The molecule has 0 spiro atoms. The van der Waals surface area contributed by atoms with Crippen molar-refractivity contribution in [2.45, 2.75) is 0 Å². The van der Waals surface area contributed by atoms with Crippen LogP contribution in [0, 0.1) is 0 Å². The zero-order valence-corrected chi connectivity index (χ0v) is 15.6. The molecule has 1 aliphatic rings. The summed E-state index contributed by atoms with van der Waals surface area (Å²) in [7, 11) is -1.38. The van der Waals surface area contributed by atoms with Crippen LogP contribution in [0.3, 0.4) is 0 Å². The fourth-order valence-corrected chi connectivity index (χ4v) is 5.05. The molecule has 3 N–H and O–H groups in total. The third kappa shape index (κ3) is 2.84. The van der Waals surface area contributed by atoms with Gasteiger partial charge in [-0.2, -0.15) is 4.79 Å². The number of thiophene rings is 1. The number of anilines is 2. The largest absolute Gasteiger partial charge is 0.554 e. The molecule has 1 atom stereocenters. The predicted octanol–water partition coefficient (Wildman–Crippen LogP) is 5.32. The Morgan fingerprint density at radius 3 is 2.55 bits per heavy atom. The zero-order chi connectivity index (χ0) is 20.0. The van der Waals surface area contributed by atoms with Crippen molar-refractivity contribution in [2.24, 2.45) is 0 Å². The van der Waals surface area contributed by atoms with E-state index >= 15 is 0 Å². The van der Waals surface area contributed by atoms with Crippen molar-refractivity contribution in [3.63, 3.8) is 0 Å². The molecule has 9 heteroatoms. The lowest BCUT2D eigenvalue weighted by atomic mass is 10.1. The first kappa shape index (κ1) is 17.1. The van der Waals surface area contributed by atoms with Crippen LogP contribution in [-0.4, -0.2) is 26.4 Å². The second-order valence-corrected chi connectivity index (χ2v) is 7.94. The van der Waals surface area contributed by atoms with Gasteiger partial charge in [0.2, 0.25) is 4.88 Å². The Hall–Kier alpha value is -3.98. The second kappa shape index (κ2) is 6.57. The van der Waals surface area contributed by atoms with Crippen LogP contribution in [-0.2, 0) is 0 Å². The first-order valence-electron chi connectivity index (χ1n) is 8.60. The number of pyridine rings is 2. The number of amides is 2. The fourth-order valence-electron chi connectivity index (χ4n) is 3.24. The molecule has 3 aromatic heterocycles. The Kier molecular flexibility index (Phi) is 3.88. The van der Waals surface area contributed by atoms with Gasteiger partial charge in [-0.3, -0.25) is 0 Å². The van der Waals surface area contributed by atoms with E-state index < -0.39 is 21.8 Å². The summed E-state index contributed by atoms with van der Waals surface area (Å²) in [6, 6.07) is 13.9. The number of benzene rings is 1. The number of ether oxygens (including phenoxy) is 1. The number of hydrogen-bond acceptors (Lipinski definition) is 5. The lowest BCUT2D eigenvalue weighted by Gasteiger charge is -2.13. The number of hydrogen-bond donors (Lipinski definition) is 3. The van der Waals surface area contributed by atoms with Crippen molar-refractivity contribution in [3.8, 4) is 22.1 Å². The van der Waals surface area contributed by atoms with E-state index in [1.807, 2.05) is 30.3 Å². The van der Waals surface area contributed by atoms with Gasteiger partial charge in [0.15, 0.2) is 0 Å². The van der Waals surface area contributed by atoms with Crippen LogP contribution in [0.25, 0.3) is 20.8 Å². The molecule has 1 unspecified atom stereocenters. The molecule has 8 nitrogen and oxygen atoms in total. The molecule has 0 radical (unpaired) electrons. The topological polar surface area (TPSA) is 113 Å². The monoisotopic (exact) mass is 405 g/mol. The molecule has 0 aliphatic carbocycles. The van der Waals surface area contributed by atoms with Gasteiger partial charge in [-0.1, -0.05) is 18.2 Å². The molecule has 1 aliphatic heterocycles. The van der Waals surface area contributed by atoms with Gasteiger partial charge >= 0.3 is 11.3 Å². The number of carbonyl (C=O) groups is 2. The van der Waals surface area contributed by atoms with Gasteiger partial charge in [0.1, 0.15) is 38.7 Å². The van der Waals surface area contributed by atoms with Crippen molar-refractivity contribution in [2.75, 3.05) is 10.6 Å². The van der Waals surface area contributed by atoms with Gasteiger partial charge in [0.05, 0.1) is 11.9 Å². The average molecular weight is 405 g/mol. The van der Waals surface area contributed by atoms with Gasteiger partial charge in [0.25, 0.3) is 4.83 Å². The first-order valence-corrected chi connectivity index (χ1v) is 9.82. The quantitative estimate of drug-likeness (QED) is 0.396. The highest BCUT2D eigenvalue weighted by molar-refractivity contribution is 7.57. The highest BCUT2D eigenvalue weighted by atomic mass is 32.2. The van der Waals surface area contributed by atoms with Crippen LogP contribution >= 0.6 is 10.5 Å². The minimum Gasteiger partial charge on any atom is -0.456 e. The summed E-state index contributed by atoms with van der Waals surface area (Å²) in [6.45, 7) is 0. The molecule has 0 bridgehead atoms. The molecular formula is C20H13N4O4S+. The van der Waals surface area contributed by atoms with E-state index in [9.17, 15) is 14.7 Å².